The molecule has 212 valence electrons. The summed E-state index contributed by atoms with van der Waals surface area (Å²) in [5.41, 5.74) is 17.7. The van der Waals surface area contributed by atoms with Gasteiger partial charge in [0.2, 0.25) is 0 Å². The average molecular weight is 559 g/mol. The zero-order valence-corrected chi connectivity index (χ0v) is 22.8. The van der Waals surface area contributed by atoms with E-state index in [0.717, 1.165) is 48.8 Å². The Balaban J connectivity index is 1.26. The summed E-state index contributed by atoms with van der Waals surface area (Å²) in [5.74, 6) is -1.51. The second kappa shape index (κ2) is 9.72. The molecule has 1 saturated carbocycles. The molecule has 0 amide bonds. The Labute approximate surface area is 236 Å². The van der Waals surface area contributed by atoms with Gasteiger partial charge in [-0.05, 0) is 62.4 Å². The number of piperidine rings is 1. The van der Waals surface area contributed by atoms with Gasteiger partial charge in [-0.15, -0.1) is 0 Å². The molecule has 7 rings (SSSR count). The number of anilines is 2. The van der Waals surface area contributed by atoms with Crippen LogP contribution in [0.2, 0.25) is 0 Å². The van der Waals surface area contributed by atoms with Crippen LogP contribution in [0.25, 0.3) is 22.4 Å². The maximum Gasteiger partial charge on any atom is 0.165 e. The number of rotatable bonds is 6. The van der Waals surface area contributed by atoms with E-state index in [1.165, 1.54) is 31.3 Å². The molecule has 10 nitrogen and oxygen atoms in total. The van der Waals surface area contributed by atoms with Crippen LogP contribution in [0.3, 0.4) is 0 Å². The van der Waals surface area contributed by atoms with Crippen molar-refractivity contribution >= 4 is 28.4 Å². The minimum Gasteiger partial charge on any atom is -0.382 e. The highest BCUT2D eigenvalue weighted by Gasteiger charge is 2.44. The number of benzene rings is 1. The quantitative estimate of drug-likeness (QED) is 0.367. The van der Waals surface area contributed by atoms with Crippen molar-refractivity contribution in [2.45, 2.75) is 63.2 Å². The fraction of sp³-hybridized carbons (Fsp3) is 0.414. The standard InChI is InChI=1S/C29H32F2N10/c1-17-9-25(38-41(17)20-4-5-20)29(33)7-2-8-39(14-29)24-12-34-23(18-3-6-21(30)22(31)10-18)11-19(24)13-40-16-37-26-27(32)35-15-36-28(26)40/h3,6,10-12,15-17,20H,2,4-5,7-9,13-14,33H2,1H3,(H2,32,35,36). The molecular weight excluding hydrogens is 526 g/mol. The zero-order chi connectivity index (χ0) is 28.3. The molecule has 4 aromatic rings. The number of nitrogen functional groups attached to an aromatic ring is 1. The Morgan fingerprint density at radius 3 is 2.73 bits per heavy atom. The van der Waals surface area contributed by atoms with E-state index in [1.807, 2.05) is 10.6 Å². The van der Waals surface area contributed by atoms with Crippen molar-refractivity contribution in [2.24, 2.45) is 10.8 Å². The number of hydrazone groups is 1. The van der Waals surface area contributed by atoms with Gasteiger partial charge in [-0.1, -0.05) is 0 Å². The molecule has 41 heavy (non-hydrogen) atoms. The number of hydrogen-bond donors (Lipinski definition) is 2. The predicted octanol–water partition coefficient (Wildman–Crippen LogP) is 3.71. The first-order chi connectivity index (χ1) is 19.8. The van der Waals surface area contributed by atoms with Crippen LogP contribution in [-0.4, -0.2) is 65.9 Å². The summed E-state index contributed by atoms with van der Waals surface area (Å²) in [5, 5.41) is 7.28. The summed E-state index contributed by atoms with van der Waals surface area (Å²) in [7, 11) is 0. The van der Waals surface area contributed by atoms with Crippen molar-refractivity contribution in [1.29, 1.82) is 0 Å². The van der Waals surface area contributed by atoms with E-state index >= 15 is 0 Å². The summed E-state index contributed by atoms with van der Waals surface area (Å²) in [4.78, 5) is 19.8. The number of fused-ring (bicyclic) bond motifs is 1. The number of hydrogen-bond acceptors (Lipinski definition) is 9. The highest BCUT2D eigenvalue weighted by atomic mass is 19.2. The van der Waals surface area contributed by atoms with Crippen LogP contribution in [0.5, 0.6) is 0 Å². The van der Waals surface area contributed by atoms with Gasteiger partial charge in [-0.3, -0.25) is 9.99 Å². The van der Waals surface area contributed by atoms with Crippen molar-refractivity contribution < 1.29 is 8.78 Å². The van der Waals surface area contributed by atoms with Gasteiger partial charge in [-0.2, -0.15) is 5.10 Å². The molecule has 2 atom stereocenters. The minimum absolute atomic E-state index is 0.307. The maximum atomic E-state index is 14.1. The summed E-state index contributed by atoms with van der Waals surface area (Å²) < 4.78 is 29.7. The molecule has 2 unspecified atom stereocenters. The van der Waals surface area contributed by atoms with Gasteiger partial charge in [0.05, 0.1) is 41.7 Å². The monoisotopic (exact) mass is 558 g/mol. The summed E-state index contributed by atoms with van der Waals surface area (Å²) in [6, 6.07) is 6.64. The summed E-state index contributed by atoms with van der Waals surface area (Å²) in [6.07, 6.45) is 9.95. The molecule has 12 heteroatoms. The van der Waals surface area contributed by atoms with Gasteiger partial charge in [0.25, 0.3) is 0 Å². The van der Waals surface area contributed by atoms with Gasteiger partial charge in [0.15, 0.2) is 23.1 Å². The first-order valence-corrected chi connectivity index (χ1v) is 14.0. The summed E-state index contributed by atoms with van der Waals surface area (Å²) >= 11 is 0. The number of nitrogens with zero attached hydrogens (tertiary/aromatic N) is 8. The third-order valence-corrected chi connectivity index (χ3v) is 8.49. The van der Waals surface area contributed by atoms with E-state index < -0.39 is 17.2 Å². The third kappa shape index (κ3) is 4.65. The van der Waals surface area contributed by atoms with Crippen molar-refractivity contribution in [3.8, 4) is 11.3 Å². The topological polar surface area (TPSA) is 127 Å². The van der Waals surface area contributed by atoms with Crippen LogP contribution in [0.1, 0.15) is 44.6 Å². The maximum absolute atomic E-state index is 14.1. The van der Waals surface area contributed by atoms with Crippen LogP contribution < -0.4 is 16.4 Å². The zero-order valence-electron chi connectivity index (χ0n) is 22.8. The van der Waals surface area contributed by atoms with Gasteiger partial charge in [0, 0.05) is 37.2 Å². The van der Waals surface area contributed by atoms with Crippen LogP contribution in [0.15, 0.2) is 48.2 Å². The molecule has 3 aliphatic rings. The predicted molar refractivity (Wildman–Crippen MR) is 153 cm³/mol. The Morgan fingerprint density at radius 2 is 1.93 bits per heavy atom. The Hall–Kier alpha value is -4.19. The van der Waals surface area contributed by atoms with Crippen LogP contribution in [0.4, 0.5) is 20.3 Å². The average Bonchev–Trinajstić information content (AvgIpc) is 3.60. The van der Waals surface area contributed by atoms with Gasteiger partial charge < -0.3 is 20.9 Å². The molecule has 0 spiro atoms. The normalized spacial score (nSPS) is 22.9. The Morgan fingerprint density at radius 1 is 1.07 bits per heavy atom. The van der Waals surface area contributed by atoms with Gasteiger partial charge in [-0.25, -0.2) is 23.7 Å². The second-order valence-electron chi connectivity index (χ2n) is 11.5. The van der Waals surface area contributed by atoms with Gasteiger partial charge in [0.1, 0.15) is 11.8 Å². The lowest BCUT2D eigenvalue weighted by Crippen LogP contribution is -2.59. The lowest BCUT2D eigenvalue weighted by Gasteiger charge is -2.42. The van der Waals surface area contributed by atoms with Crippen LogP contribution in [0, 0.1) is 11.6 Å². The van der Waals surface area contributed by atoms with Crippen LogP contribution >= 0.6 is 0 Å². The lowest BCUT2D eigenvalue weighted by atomic mass is 9.83. The van der Waals surface area contributed by atoms with E-state index in [0.29, 0.717) is 53.4 Å². The number of halogens is 2. The molecular formula is C29H32F2N10. The number of nitrogens with two attached hydrogens (primary N) is 2. The van der Waals surface area contributed by atoms with E-state index in [-0.39, 0.29) is 0 Å². The van der Waals surface area contributed by atoms with Crippen molar-refractivity contribution in [3.63, 3.8) is 0 Å². The molecule has 1 aliphatic carbocycles. The largest absolute Gasteiger partial charge is 0.382 e. The van der Waals surface area contributed by atoms with E-state index in [2.05, 4.69) is 36.8 Å². The molecule has 1 aromatic carbocycles. The first-order valence-electron chi connectivity index (χ1n) is 14.0. The van der Waals surface area contributed by atoms with E-state index in [4.69, 9.17) is 16.6 Å². The number of pyridine rings is 1. The molecule has 4 N–H and O–H groups in total. The fourth-order valence-corrected chi connectivity index (χ4v) is 6.17. The third-order valence-electron chi connectivity index (χ3n) is 8.49. The van der Waals surface area contributed by atoms with Crippen LogP contribution in [-0.2, 0) is 6.54 Å². The smallest absolute Gasteiger partial charge is 0.165 e. The minimum atomic E-state index is -0.918. The molecule has 2 fully saturated rings. The van der Waals surface area contributed by atoms with Gasteiger partial charge >= 0.3 is 0 Å². The molecule has 0 radical (unpaired) electrons. The molecule has 3 aromatic heterocycles. The van der Waals surface area contributed by atoms with Crippen molar-refractivity contribution in [2.75, 3.05) is 23.7 Å². The molecule has 5 heterocycles. The fourth-order valence-electron chi connectivity index (χ4n) is 6.17. The Bertz CT molecular complexity index is 1660. The lowest BCUT2D eigenvalue weighted by molar-refractivity contribution is 0.235. The number of imidazole rings is 1. The first kappa shape index (κ1) is 25.8. The molecule has 0 bridgehead atoms. The van der Waals surface area contributed by atoms with Crippen molar-refractivity contribution in [3.05, 3.63) is 60.3 Å². The highest BCUT2D eigenvalue weighted by Crippen LogP contribution is 2.37. The molecule has 1 saturated heterocycles. The van der Waals surface area contributed by atoms with Crippen molar-refractivity contribution in [1.82, 2.24) is 29.5 Å². The van der Waals surface area contributed by atoms with E-state index in [1.54, 1.807) is 12.5 Å². The second-order valence-corrected chi connectivity index (χ2v) is 11.5. The summed E-state index contributed by atoms with van der Waals surface area (Å²) in [6.45, 7) is 4.05. The van der Waals surface area contributed by atoms with E-state index in [9.17, 15) is 8.78 Å². The molecule has 2 aliphatic heterocycles. The highest BCUT2D eigenvalue weighted by molar-refractivity contribution is 5.95. The Kier molecular flexibility index (Phi) is 6.11. The SMILES string of the molecule is CC1CC(C2(N)CCCN(c3cnc(-c4ccc(F)c(F)c4)cc3Cn3cnc4c(N)ncnc43)C2)=NN1C1CC1. The number of aromatic nitrogens is 5.